The van der Waals surface area contributed by atoms with Crippen LogP contribution < -0.4 is 5.32 Å². The molecule has 0 heterocycles. The third-order valence-electron chi connectivity index (χ3n) is 2.51. The van der Waals surface area contributed by atoms with Crippen molar-refractivity contribution in [3.05, 3.63) is 0 Å². The summed E-state index contributed by atoms with van der Waals surface area (Å²) in [7, 11) is 1.89. The Morgan fingerprint density at radius 3 is 2.13 bits per heavy atom. The summed E-state index contributed by atoms with van der Waals surface area (Å²) in [6.45, 7) is 8.57. The van der Waals surface area contributed by atoms with Crippen molar-refractivity contribution >= 4 is 29.9 Å². The van der Waals surface area contributed by atoms with Crippen LogP contribution in [0.4, 0.5) is 0 Å². The zero-order valence-electron chi connectivity index (χ0n) is 9.84. The predicted octanol–water partition coefficient (Wildman–Crippen LogP) is 2.93. The topological polar surface area (TPSA) is 24.4 Å². The van der Waals surface area contributed by atoms with E-state index in [1.54, 1.807) is 0 Å². The molecule has 0 radical (unpaired) electrons. The van der Waals surface area contributed by atoms with Gasteiger partial charge < -0.3 is 5.32 Å². The molecule has 0 bridgehead atoms. The van der Waals surface area contributed by atoms with Gasteiger partial charge in [-0.05, 0) is 32.5 Å². The largest absolute Gasteiger partial charge is 0.318 e. The van der Waals surface area contributed by atoms with Crippen molar-refractivity contribution in [1.29, 1.82) is 0 Å². The summed E-state index contributed by atoms with van der Waals surface area (Å²) in [5.74, 6) is 0.495. The summed E-state index contributed by atoms with van der Waals surface area (Å²) in [5, 5.41) is 3.28. The van der Waals surface area contributed by atoms with Crippen LogP contribution in [-0.4, -0.2) is 37.1 Å². The van der Waals surface area contributed by atoms with Gasteiger partial charge in [-0.1, -0.05) is 13.8 Å². The molecule has 0 aromatic rings. The van der Waals surface area contributed by atoms with E-state index < -0.39 is 0 Å². The second-order valence-electron chi connectivity index (χ2n) is 4.16. The number of likely N-dealkylation sites (N-methyl/N-ethyl adjacent to an activating group) is 1. The second-order valence-corrected chi connectivity index (χ2v) is 5.28. The number of aliphatic imine (C=N–C) groups is 1. The molecular formula is C11H22Cl2N2. The number of hydrogen-bond donors (Lipinski definition) is 1. The molecule has 15 heavy (non-hydrogen) atoms. The maximum atomic E-state index is 6.24. The van der Waals surface area contributed by atoms with Crippen molar-refractivity contribution in [3.8, 4) is 0 Å². The second kappa shape index (κ2) is 8.37. The molecule has 0 aliphatic heterocycles. The molecule has 0 spiro atoms. The zero-order valence-corrected chi connectivity index (χ0v) is 11.4. The van der Waals surface area contributed by atoms with Crippen LogP contribution in [0, 0.1) is 5.92 Å². The molecule has 1 N–H and O–H groups in total. The third kappa shape index (κ3) is 6.39. The van der Waals surface area contributed by atoms with Crippen LogP contribution in [0.3, 0.4) is 0 Å². The molecule has 0 fully saturated rings. The molecule has 0 aliphatic rings. The highest BCUT2D eigenvalue weighted by Crippen LogP contribution is 2.20. The van der Waals surface area contributed by atoms with Crippen LogP contribution in [0.15, 0.2) is 4.99 Å². The highest BCUT2D eigenvalue weighted by atomic mass is 35.5. The Hall–Kier alpha value is 0.210. The van der Waals surface area contributed by atoms with Gasteiger partial charge in [-0.25, -0.2) is 0 Å². The van der Waals surface area contributed by atoms with Gasteiger partial charge in [-0.2, -0.15) is 0 Å². The number of alkyl halides is 2. The molecule has 0 saturated heterocycles. The van der Waals surface area contributed by atoms with Crippen LogP contribution in [0.5, 0.6) is 0 Å². The number of nitrogens with zero attached hydrogens (tertiary/aromatic N) is 1. The monoisotopic (exact) mass is 252 g/mol. The summed E-state index contributed by atoms with van der Waals surface area (Å²) < 4.78 is 0. The molecule has 3 unspecified atom stereocenters. The highest BCUT2D eigenvalue weighted by Gasteiger charge is 2.19. The average molecular weight is 253 g/mol. The number of hydrogen-bond acceptors (Lipinski definition) is 2. The third-order valence-corrected chi connectivity index (χ3v) is 3.74. The Balaban J connectivity index is 3.89. The number of halogens is 2. The molecule has 90 valence electrons. The van der Waals surface area contributed by atoms with Gasteiger partial charge in [0.2, 0.25) is 0 Å². The maximum Gasteiger partial charge on any atom is 0.0779 e. The van der Waals surface area contributed by atoms with Gasteiger partial charge >= 0.3 is 0 Å². The molecule has 0 rings (SSSR count). The molecule has 0 aliphatic carbocycles. The lowest BCUT2D eigenvalue weighted by Gasteiger charge is -2.20. The average Bonchev–Trinajstić information content (AvgIpc) is 2.21. The van der Waals surface area contributed by atoms with E-state index in [1.165, 1.54) is 0 Å². The Morgan fingerprint density at radius 2 is 1.73 bits per heavy atom. The molecular weight excluding hydrogens is 231 g/mol. The van der Waals surface area contributed by atoms with Crippen molar-refractivity contribution in [2.24, 2.45) is 10.9 Å². The lowest BCUT2D eigenvalue weighted by Crippen LogP contribution is -2.30. The standard InChI is InChI=1S/C11H22Cl2N2/c1-8(2)9(12)5-6-10(13)11(15-4)7-14-3/h8-11,14H,4-7H2,1-3H3. The molecule has 4 heteroatoms. The van der Waals surface area contributed by atoms with E-state index in [-0.39, 0.29) is 16.8 Å². The van der Waals surface area contributed by atoms with Crippen LogP contribution in [0.25, 0.3) is 0 Å². The predicted molar refractivity (Wildman–Crippen MR) is 70.6 cm³/mol. The first kappa shape index (κ1) is 15.2. The highest BCUT2D eigenvalue weighted by molar-refractivity contribution is 6.22. The lowest BCUT2D eigenvalue weighted by molar-refractivity contribution is 0.502. The van der Waals surface area contributed by atoms with Crippen molar-refractivity contribution < 1.29 is 0 Å². The van der Waals surface area contributed by atoms with Gasteiger partial charge in [0, 0.05) is 11.9 Å². The Kier molecular flexibility index (Phi) is 8.49. The van der Waals surface area contributed by atoms with E-state index in [0.717, 1.165) is 19.4 Å². The van der Waals surface area contributed by atoms with E-state index in [9.17, 15) is 0 Å². The van der Waals surface area contributed by atoms with E-state index >= 15 is 0 Å². The number of rotatable bonds is 8. The minimum Gasteiger partial charge on any atom is -0.318 e. The van der Waals surface area contributed by atoms with Crippen LogP contribution in [-0.2, 0) is 0 Å². The van der Waals surface area contributed by atoms with Crippen LogP contribution in [0.2, 0.25) is 0 Å². The van der Waals surface area contributed by atoms with Crippen LogP contribution in [0.1, 0.15) is 26.7 Å². The van der Waals surface area contributed by atoms with E-state index in [4.69, 9.17) is 23.2 Å². The fourth-order valence-corrected chi connectivity index (χ4v) is 1.78. The van der Waals surface area contributed by atoms with Crippen molar-refractivity contribution in [2.45, 2.75) is 43.5 Å². The summed E-state index contributed by atoms with van der Waals surface area (Å²) in [5.41, 5.74) is 0. The first-order valence-electron chi connectivity index (χ1n) is 5.41. The maximum absolute atomic E-state index is 6.24. The Labute approximate surface area is 103 Å². The Bertz CT molecular complexity index is 174. The lowest BCUT2D eigenvalue weighted by atomic mass is 10.0. The molecule has 0 aromatic carbocycles. The quantitative estimate of drug-likeness (QED) is 0.522. The van der Waals surface area contributed by atoms with Gasteiger partial charge in [0.25, 0.3) is 0 Å². The van der Waals surface area contributed by atoms with Crippen LogP contribution >= 0.6 is 23.2 Å². The summed E-state index contributed by atoms with van der Waals surface area (Å²) in [4.78, 5) is 4.01. The van der Waals surface area contributed by atoms with Gasteiger partial charge in [0.15, 0.2) is 0 Å². The summed E-state index contributed by atoms with van der Waals surface area (Å²) in [6, 6.07) is 0.0766. The van der Waals surface area contributed by atoms with E-state index in [2.05, 4.69) is 30.9 Å². The van der Waals surface area contributed by atoms with Crippen molar-refractivity contribution in [1.82, 2.24) is 5.32 Å². The fourth-order valence-electron chi connectivity index (χ4n) is 1.36. The fraction of sp³-hybridized carbons (Fsp3) is 0.909. The Morgan fingerprint density at radius 1 is 1.20 bits per heavy atom. The van der Waals surface area contributed by atoms with E-state index in [0.29, 0.717) is 5.92 Å². The van der Waals surface area contributed by atoms with Gasteiger partial charge in [-0.3, -0.25) is 4.99 Å². The van der Waals surface area contributed by atoms with E-state index in [1.807, 2.05) is 7.05 Å². The molecule has 0 saturated carbocycles. The van der Waals surface area contributed by atoms with Gasteiger partial charge in [0.1, 0.15) is 0 Å². The first-order chi connectivity index (χ1) is 7.02. The molecule has 3 atom stereocenters. The molecule has 2 nitrogen and oxygen atoms in total. The normalized spacial score (nSPS) is 17.5. The molecule has 0 amide bonds. The smallest absolute Gasteiger partial charge is 0.0779 e. The van der Waals surface area contributed by atoms with Crippen molar-refractivity contribution in [3.63, 3.8) is 0 Å². The zero-order chi connectivity index (χ0) is 11.8. The van der Waals surface area contributed by atoms with Crippen molar-refractivity contribution in [2.75, 3.05) is 13.6 Å². The molecule has 0 aromatic heterocycles. The minimum atomic E-state index is 0.0231. The SMILES string of the molecule is C=NC(CNC)C(Cl)CCC(Cl)C(C)C. The summed E-state index contributed by atoms with van der Waals surface area (Å²) >= 11 is 12.4. The first-order valence-corrected chi connectivity index (χ1v) is 6.28. The van der Waals surface area contributed by atoms with Gasteiger partial charge in [0.05, 0.1) is 11.4 Å². The van der Waals surface area contributed by atoms with Gasteiger partial charge in [-0.15, -0.1) is 23.2 Å². The minimum absolute atomic E-state index is 0.0231. The summed E-state index contributed by atoms with van der Waals surface area (Å²) in [6.07, 6.45) is 1.82. The number of nitrogens with one attached hydrogen (secondary N) is 1.